The summed E-state index contributed by atoms with van der Waals surface area (Å²) in [6, 6.07) is 16.1. The highest BCUT2D eigenvalue weighted by Crippen LogP contribution is 2.21. The third-order valence-corrected chi connectivity index (χ3v) is 5.08. The first-order valence-electron chi connectivity index (χ1n) is 8.98. The molecule has 0 spiro atoms. The van der Waals surface area contributed by atoms with Crippen LogP contribution in [0.2, 0.25) is 0 Å². The summed E-state index contributed by atoms with van der Waals surface area (Å²) in [6.45, 7) is 0.107. The van der Waals surface area contributed by atoms with E-state index in [1.54, 1.807) is 36.4 Å². The minimum Gasteiger partial charge on any atom is -0.481 e. The highest BCUT2D eigenvalue weighted by Gasteiger charge is 2.44. The maximum atomic E-state index is 12.9. The molecule has 1 aliphatic heterocycles. The number of carbonyl (C=O) groups excluding carboxylic acids is 2. The molecule has 1 saturated heterocycles. The molecule has 0 bridgehead atoms. The van der Waals surface area contributed by atoms with Crippen LogP contribution >= 0.6 is 0 Å². The third kappa shape index (κ3) is 3.27. The number of ketones is 1. The number of carboxylic acids is 1. The van der Waals surface area contributed by atoms with E-state index in [0.29, 0.717) is 11.3 Å². The Balaban J connectivity index is 1.60. The second-order valence-corrected chi connectivity index (χ2v) is 6.83. The summed E-state index contributed by atoms with van der Waals surface area (Å²) in [5.41, 5.74) is 1.60. The van der Waals surface area contributed by atoms with Gasteiger partial charge in [0.25, 0.3) is 5.91 Å². The second-order valence-electron chi connectivity index (χ2n) is 6.83. The maximum Gasteiger partial charge on any atom is 0.309 e. The van der Waals surface area contributed by atoms with Crippen LogP contribution in [0, 0.1) is 5.92 Å². The molecule has 3 unspecified atom stereocenters. The lowest BCUT2D eigenvalue weighted by Crippen LogP contribution is -2.51. The summed E-state index contributed by atoms with van der Waals surface area (Å²) in [4.78, 5) is 40.3. The molecule has 28 heavy (non-hydrogen) atoms. The molecule has 3 atom stereocenters. The molecule has 2 heterocycles. The van der Waals surface area contributed by atoms with E-state index < -0.39 is 29.9 Å². The number of H-pyrrole nitrogens is 1. The van der Waals surface area contributed by atoms with E-state index >= 15 is 0 Å². The van der Waals surface area contributed by atoms with Crippen LogP contribution < -0.4 is 10.6 Å². The number of nitrogens with one attached hydrogen (secondary N) is 3. The smallest absolute Gasteiger partial charge is 0.309 e. The maximum absolute atomic E-state index is 12.9. The Labute approximate surface area is 160 Å². The Kier molecular flexibility index (Phi) is 4.67. The van der Waals surface area contributed by atoms with Gasteiger partial charge in [-0.05, 0) is 12.1 Å². The predicted octanol–water partition coefficient (Wildman–Crippen LogP) is 1.82. The van der Waals surface area contributed by atoms with Crippen molar-refractivity contribution in [1.82, 2.24) is 15.6 Å². The van der Waals surface area contributed by atoms with Crippen molar-refractivity contribution in [2.45, 2.75) is 12.1 Å². The first kappa shape index (κ1) is 17.9. The van der Waals surface area contributed by atoms with E-state index in [-0.39, 0.29) is 12.3 Å². The van der Waals surface area contributed by atoms with Crippen molar-refractivity contribution in [3.05, 3.63) is 71.9 Å². The minimum atomic E-state index is -1.06. The molecule has 7 nitrogen and oxygen atoms in total. The number of carboxylic acid groups (broad SMARTS) is 1. The Morgan fingerprint density at radius 2 is 1.71 bits per heavy atom. The number of hydrogen-bond acceptors (Lipinski definition) is 4. The molecule has 1 fully saturated rings. The van der Waals surface area contributed by atoms with Gasteiger partial charge in [0, 0.05) is 23.0 Å². The van der Waals surface area contributed by atoms with Crippen molar-refractivity contribution >= 4 is 28.6 Å². The molecule has 4 rings (SSSR count). The summed E-state index contributed by atoms with van der Waals surface area (Å²) in [5.74, 6) is -2.64. The number of fused-ring (bicyclic) bond motifs is 1. The Morgan fingerprint density at radius 3 is 2.43 bits per heavy atom. The van der Waals surface area contributed by atoms with Crippen LogP contribution in [0.4, 0.5) is 0 Å². The zero-order valence-electron chi connectivity index (χ0n) is 14.9. The number of benzene rings is 2. The molecule has 0 saturated carbocycles. The van der Waals surface area contributed by atoms with Crippen LogP contribution in [0.1, 0.15) is 20.8 Å². The molecule has 142 valence electrons. The van der Waals surface area contributed by atoms with Crippen LogP contribution in [0.3, 0.4) is 0 Å². The van der Waals surface area contributed by atoms with E-state index in [1.807, 2.05) is 24.3 Å². The van der Waals surface area contributed by atoms with Gasteiger partial charge in [0.1, 0.15) is 5.69 Å². The van der Waals surface area contributed by atoms with Crippen LogP contribution in [0.15, 0.2) is 60.7 Å². The van der Waals surface area contributed by atoms with Crippen molar-refractivity contribution in [2.24, 2.45) is 5.92 Å². The number of carbonyl (C=O) groups is 3. The zero-order chi connectivity index (χ0) is 19.7. The number of Topliss-reactive ketones (excluding diaryl/α,β-unsaturated/α-hetero) is 1. The largest absolute Gasteiger partial charge is 0.481 e. The Hall–Kier alpha value is -3.45. The SMILES string of the molecule is O=C(NC1C(C(=O)O)CNC1C(=O)c1ccccc1)c1cc2ccccc2[nH]1. The number of rotatable bonds is 5. The fourth-order valence-electron chi connectivity index (χ4n) is 3.63. The van der Waals surface area contributed by atoms with Crippen molar-refractivity contribution in [3.8, 4) is 0 Å². The van der Waals surface area contributed by atoms with E-state index in [0.717, 1.165) is 10.9 Å². The van der Waals surface area contributed by atoms with Gasteiger partial charge in [0.2, 0.25) is 0 Å². The lowest BCUT2D eigenvalue weighted by Gasteiger charge is -2.22. The van der Waals surface area contributed by atoms with E-state index in [9.17, 15) is 19.5 Å². The summed E-state index contributed by atoms with van der Waals surface area (Å²) in [7, 11) is 0. The van der Waals surface area contributed by atoms with Crippen LogP contribution in [-0.4, -0.2) is 46.4 Å². The molecule has 2 aromatic carbocycles. The lowest BCUT2D eigenvalue weighted by molar-refractivity contribution is -0.141. The topological polar surface area (TPSA) is 111 Å². The number of aliphatic carboxylic acids is 1. The minimum absolute atomic E-state index is 0.107. The van der Waals surface area contributed by atoms with E-state index in [4.69, 9.17) is 0 Å². The highest BCUT2D eigenvalue weighted by molar-refractivity contribution is 6.03. The van der Waals surface area contributed by atoms with Crippen molar-refractivity contribution in [3.63, 3.8) is 0 Å². The van der Waals surface area contributed by atoms with Crippen molar-refractivity contribution in [1.29, 1.82) is 0 Å². The molecule has 1 aromatic heterocycles. The number of amides is 1. The van der Waals surface area contributed by atoms with Gasteiger partial charge >= 0.3 is 5.97 Å². The summed E-state index contributed by atoms with van der Waals surface area (Å²) in [6.07, 6.45) is 0. The average molecular weight is 377 g/mol. The molecular formula is C21H19N3O4. The highest BCUT2D eigenvalue weighted by atomic mass is 16.4. The van der Waals surface area contributed by atoms with Crippen LogP contribution in [-0.2, 0) is 4.79 Å². The number of aromatic amines is 1. The van der Waals surface area contributed by atoms with Gasteiger partial charge in [-0.25, -0.2) is 0 Å². The standard InChI is InChI=1S/C21H19N3O4/c25-19(12-6-2-1-3-7-12)18-17(14(11-22-18)21(27)28)24-20(26)16-10-13-8-4-5-9-15(13)23-16/h1-10,14,17-18,22-23H,11H2,(H,24,26)(H,27,28). The molecule has 4 N–H and O–H groups in total. The van der Waals surface area contributed by atoms with Crippen molar-refractivity contribution < 1.29 is 19.5 Å². The number of hydrogen-bond donors (Lipinski definition) is 4. The number of aromatic nitrogens is 1. The van der Waals surface area contributed by atoms with Gasteiger partial charge in [-0.15, -0.1) is 0 Å². The normalized spacial score (nSPS) is 21.5. The molecule has 0 aliphatic carbocycles. The Bertz CT molecular complexity index is 1010. The fourth-order valence-corrected chi connectivity index (χ4v) is 3.63. The molecular weight excluding hydrogens is 358 g/mol. The van der Waals surface area contributed by atoms with Gasteiger partial charge in [-0.3, -0.25) is 14.4 Å². The summed E-state index contributed by atoms with van der Waals surface area (Å²) in [5, 5.41) is 16.1. The zero-order valence-corrected chi connectivity index (χ0v) is 14.9. The van der Waals surface area contributed by atoms with Crippen molar-refractivity contribution in [2.75, 3.05) is 6.54 Å². The van der Waals surface area contributed by atoms with Gasteiger partial charge in [0.15, 0.2) is 5.78 Å². The van der Waals surface area contributed by atoms with Gasteiger partial charge < -0.3 is 20.7 Å². The number of para-hydroxylation sites is 1. The molecule has 1 amide bonds. The third-order valence-electron chi connectivity index (χ3n) is 5.08. The quantitative estimate of drug-likeness (QED) is 0.507. The van der Waals surface area contributed by atoms with Crippen LogP contribution in [0.25, 0.3) is 10.9 Å². The molecule has 3 aromatic rings. The van der Waals surface area contributed by atoms with Gasteiger partial charge in [0.05, 0.1) is 18.0 Å². The van der Waals surface area contributed by atoms with E-state index in [2.05, 4.69) is 15.6 Å². The molecule has 7 heteroatoms. The summed E-state index contributed by atoms with van der Waals surface area (Å²) >= 11 is 0. The lowest BCUT2D eigenvalue weighted by atomic mass is 9.93. The van der Waals surface area contributed by atoms with E-state index in [1.165, 1.54) is 0 Å². The second kappa shape index (κ2) is 7.28. The first-order chi connectivity index (χ1) is 13.5. The predicted molar refractivity (Wildman–Crippen MR) is 103 cm³/mol. The molecule has 0 radical (unpaired) electrons. The fraction of sp³-hybridized carbons (Fsp3) is 0.190. The monoisotopic (exact) mass is 377 g/mol. The van der Waals surface area contributed by atoms with Gasteiger partial charge in [-0.1, -0.05) is 48.5 Å². The average Bonchev–Trinajstić information content (AvgIpc) is 3.32. The van der Waals surface area contributed by atoms with Crippen LogP contribution in [0.5, 0.6) is 0 Å². The first-order valence-corrected chi connectivity index (χ1v) is 8.98. The Morgan fingerprint density at radius 1 is 1.00 bits per heavy atom. The van der Waals surface area contributed by atoms with Gasteiger partial charge in [-0.2, -0.15) is 0 Å². The molecule has 1 aliphatic rings. The summed E-state index contributed by atoms with van der Waals surface area (Å²) < 4.78 is 0.